The smallest absolute Gasteiger partial charge is 0.241 e. The third kappa shape index (κ3) is 2.51. The maximum absolute atomic E-state index is 12.8. The monoisotopic (exact) mass is 292 g/mol. The minimum Gasteiger partial charge on any atom is -0.319 e. The predicted molar refractivity (Wildman–Crippen MR) is 82.5 cm³/mol. The van der Waals surface area contributed by atoms with Gasteiger partial charge in [-0.3, -0.25) is 10.1 Å². The number of amides is 1. The second kappa shape index (κ2) is 5.86. The number of thiophene rings is 1. The molecule has 0 radical (unpaired) electrons. The first-order valence-electron chi connectivity index (χ1n) is 7.81. The van der Waals surface area contributed by atoms with E-state index in [-0.39, 0.29) is 12.2 Å². The summed E-state index contributed by atoms with van der Waals surface area (Å²) >= 11 is 1.71. The molecule has 3 nitrogen and oxygen atoms in total. The van der Waals surface area contributed by atoms with Crippen molar-refractivity contribution in [2.75, 3.05) is 0 Å². The fourth-order valence-corrected chi connectivity index (χ4v) is 4.33. The molecule has 0 aromatic carbocycles. The van der Waals surface area contributed by atoms with Crippen LogP contribution in [0.25, 0.3) is 0 Å². The number of rotatable bonds is 4. The van der Waals surface area contributed by atoms with E-state index in [0.717, 1.165) is 31.6 Å². The first-order chi connectivity index (χ1) is 9.70. The fourth-order valence-electron chi connectivity index (χ4n) is 3.65. The molecule has 1 aliphatic carbocycles. The topological polar surface area (TPSA) is 32.3 Å². The van der Waals surface area contributed by atoms with Gasteiger partial charge in [0.25, 0.3) is 0 Å². The highest BCUT2D eigenvalue weighted by atomic mass is 32.1. The van der Waals surface area contributed by atoms with E-state index < -0.39 is 0 Å². The van der Waals surface area contributed by atoms with E-state index in [1.165, 1.54) is 12.0 Å². The van der Waals surface area contributed by atoms with Crippen LogP contribution < -0.4 is 5.32 Å². The summed E-state index contributed by atoms with van der Waals surface area (Å²) in [6.07, 6.45) is 5.66. The standard InChI is InChI=1S/C16H24N2OS/c1-3-4-14-16(19)18(13-6-5-11(2)9-13)15(17-14)12-7-8-20-10-12/h7-8,10-11,13-15,17H,3-6,9H2,1-2H3. The van der Waals surface area contributed by atoms with Gasteiger partial charge in [0, 0.05) is 6.04 Å². The van der Waals surface area contributed by atoms with Crippen LogP contribution in [0.4, 0.5) is 0 Å². The lowest BCUT2D eigenvalue weighted by molar-refractivity contribution is -0.132. The van der Waals surface area contributed by atoms with E-state index in [1.54, 1.807) is 11.3 Å². The van der Waals surface area contributed by atoms with Gasteiger partial charge in [0.15, 0.2) is 0 Å². The van der Waals surface area contributed by atoms with Gasteiger partial charge in [-0.1, -0.05) is 20.3 Å². The van der Waals surface area contributed by atoms with E-state index in [9.17, 15) is 4.79 Å². The van der Waals surface area contributed by atoms with Crippen molar-refractivity contribution in [2.45, 2.75) is 64.2 Å². The summed E-state index contributed by atoms with van der Waals surface area (Å²) in [5.74, 6) is 1.07. The molecule has 0 spiro atoms. The molecule has 2 heterocycles. The Morgan fingerprint density at radius 3 is 2.90 bits per heavy atom. The zero-order valence-corrected chi connectivity index (χ0v) is 13.2. The number of nitrogens with one attached hydrogen (secondary N) is 1. The van der Waals surface area contributed by atoms with Crippen LogP contribution >= 0.6 is 11.3 Å². The van der Waals surface area contributed by atoms with Gasteiger partial charge in [-0.2, -0.15) is 11.3 Å². The molecule has 4 heteroatoms. The normalized spacial score (nSPS) is 34.1. The second-order valence-electron chi connectivity index (χ2n) is 6.28. The number of carbonyl (C=O) groups is 1. The van der Waals surface area contributed by atoms with Crippen molar-refractivity contribution in [3.63, 3.8) is 0 Å². The molecule has 2 fully saturated rings. The van der Waals surface area contributed by atoms with Crippen LogP contribution in [0.15, 0.2) is 16.8 Å². The Hall–Kier alpha value is -0.870. The average Bonchev–Trinajstić information content (AvgIpc) is 3.12. The van der Waals surface area contributed by atoms with Crippen molar-refractivity contribution in [3.05, 3.63) is 22.4 Å². The molecule has 0 bridgehead atoms. The summed E-state index contributed by atoms with van der Waals surface area (Å²) in [6.45, 7) is 4.45. The lowest BCUT2D eigenvalue weighted by atomic mass is 10.1. The Morgan fingerprint density at radius 1 is 1.45 bits per heavy atom. The highest BCUT2D eigenvalue weighted by Gasteiger charge is 2.44. The molecular weight excluding hydrogens is 268 g/mol. The molecule has 1 amide bonds. The van der Waals surface area contributed by atoms with Crippen LogP contribution in [0.1, 0.15) is 57.7 Å². The van der Waals surface area contributed by atoms with Crippen LogP contribution in [0.2, 0.25) is 0 Å². The predicted octanol–water partition coefficient (Wildman–Crippen LogP) is 3.54. The lowest BCUT2D eigenvalue weighted by Gasteiger charge is -2.30. The highest BCUT2D eigenvalue weighted by molar-refractivity contribution is 7.07. The Morgan fingerprint density at radius 2 is 2.30 bits per heavy atom. The Bertz CT molecular complexity index is 459. The molecule has 1 aromatic heterocycles. The third-order valence-corrected chi connectivity index (χ3v) is 5.39. The van der Waals surface area contributed by atoms with Crippen LogP contribution in [0.3, 0.4) is 0 Å². The maximum Gasteiger partial charge on any atom is 0.241 e. The van der Waals surface area contributed by atoms with Crippen LogP contribution in [-0.2, 0) is 4.79 Å². The molecule has 1 saturated carbocycles. The number of nitrogens with zero attached hydrogens (tertiary/aromatic N) is 1. The van der Waals surface area contributed by atoms with Crippen molar-refractivity contribution < 1.29 is 4.79 Å². The lowest BCUT2D eigenvalue weighted by Crippen LogP contribution is -2.38. The van der Waals surface area contributed by atoms with Crippen LogP contribution in [-0.4, -0.2) is 22.9 Å². The van der Waals surface area contributed by atoms with Gasteiger partial charge in [0.1, 0.15) is 6.17 Å². The van der Waals surface area contributed by atoms with Crippen molar-refractivity contribution >= 4 is 17.2 Å². The Labute approximate surface area is 125 Å². The summed E-state index contributed by atoms with van der Waals surface area (Å²) < 4.78 is 0. The summed E-state index contributed by atoms with van der Waals surface area (Å²) in [7, 11) is 0. The quantitative estimate of drug-likeness (QED) is 0.920. The van der Waals surface area contributed by atoms with E-state index in [0.29, 0.717) is 11.9 Å². The minimum atomic E-state index is 0.0146. The van der Waals surface area contributed by atoms with Gasteiger partial charge < -0.3 is 4.90 Å². The number of hydrogen-bond acceptors (Lipinski definition) is 3. The molecule has 4 unspecified atom stereocenters. The summed E-state index contributed by atoms with van der Waals surface area (Å²) in [5, 5.41) is 7.84. The van der Waals surface area contributed by atoms with Gasteiger partial charge in [-0.15, -0.1) is 0 Å². The molecule has 2 aliphatic rings. The Kier molecular flexibility index (Phi) is 4.13. The average molecular weight is 292 g/mol. The number of hydrogen-bond donors (Lipinski definition) is 1. The third-order valence-electron chi connectivity index (χ3n) is 4.69. The first kappa shape index (κ1) is 14.1. The van der Waals surface area contributed by atoms with Crippen molar-refractivity contribution in [3.8, 4) is 0 Å². The Balaban J connectivity index is 1.84. The fraction of sp³-hybridized carbons (Fsp3) is 0.688. The largest absolute Gasteiger partial charge is 0.319 e. The highest BCUT2D eigenvalue weighted by Crippen LogP contribution is 2.37. The van der Waals surface area contributed by atoms with E-state index in [4.69, 9.17) is 0 Å². The molecule has 1 aromatic rings. The summed E-state index contributed by atoms with van der Waals surface area (Å²) in [4.78, 5) is 14.9. The summed E-state index contributed by atoms with van der Waals surface area (Å²) in [6, 6.07) is 2.59. The van der Waals surface area contributed by atoms with E-state index in [1.807, 2.05) is 0 Å². The molecule has 1 aliphatic heterocycles. The second-order valence-corrected chi connectivity index (χ2v) is 7.06. The summed E-state index contributed by atoms with van der Waals surface area (Å²) in [5.41, 5.74) is 1.25. The van der Waals surface area contributed by atoms with Gasteiger partial charge in [-0.25, -0.2) is 0 Å². The SMILES string of the molecule is CCCC1NC(c2ccsc2)N(C2CCC(C)C2)C1=O. The van der Waals surface area contributed by atoms with Crippen LogP contribution in [0, 0.1) is 5.92 Å². The van der Waals surface area contributed by atoms with Gasteiger partial charge in [-0.05, 0) is 54.0 Å². The molecule has 1 N–H and O–H groups in total. The van der Waals surface area contributed by atoms with Crippen molar-refractivity contribution in [1.29, 1.82) is 0 Å². The van der Waals surface area contributed by atoms with Gasteiger partial charge in [0.2, 0.25) is 5.91 Å². The molecule has 3 rings (SSSR count). The van der Waals surface area contributed by atoms with Crippen molar-refractivity contribution in [1.82, 2.24) is 10.2 Å². The minimum absolute atomic E-state index is 0.0146. The maximum atomic E-state index is 12.8. The first-order valence-corrected chi connectivity index (χ1v) is 8.75. The van der Waals surface area contributed by atoms with Crippen molar-refractivity contribution in [2.24, 2.45) is 5.92 Å². The zero-order chi connectivity index (χ0) is 14.1. The van der Waals surface area contributed by atoms with Gasteiger partial charge in [0.05, 0.1) is 6.04 Å². The molecule has 20 heavy (non-hydrogen) atoms. The van der Waals surface area contributed by atoms with Crippen LogP contribution in [0.5, 0.6) is 0 Å². The number of carbonyl (C=O) groups excluding carboxylic acids is 1. The molecule has 110 valence electrons. The molecule has 1 saturated heterocycles. The molecule has 4 atom stereocenters. The van der Waals surface area contributed by atoms with E-state index >= 15 is 0 Å². The van der Waals surface area contributed by atoms with E-state index in [2.05, 4.69) is 40.9 Å². The van der Waals surface area contributed by atoms with Gasteiger partial charge >= 0.3 is 0 Å². The zero-order valence-electron chi connectivity index (χ0n) is 12.3. The molecular formula is C16H24N2OS.